The first kappa shape index (κ1) is 14.7. The molecule has 0 unspecified atom stereocenters. The van der Waals surface area contributed by atoms with Gasteiger partial charge in [-0.3, -0.25) is 0 Å². The molecule has 2 aromatic rings. The monoisotopic (exact) mass is 361 g/mol. The van der Waals surface area contributed by atoms with Crippen LogP contribution < -0.4 is 10.1 Å². The third kappa shape index (κ3) is 4.42. The van der Waals surface area contributed by atoms with Crippen LogP contribution in [0.3, 0.4) is 0 Å². The molecule has 0 radical (unpaired) electrons. The molecule has 0 aliphatic carbocycles. The lowest BCUT2D eigenvalue weighted by atomic mass is 10.3. The van der Waals surface area contributed by atoms with Gasteiger partial charge in [0.25, 0.3) is 5.19 Å². The van der Waals surface area contributed by atoms with Crippen LogP contribution in [0.15, 0.2) is 22.7 Å². The molecule has 0 amide bonds. The predicted molar refractivity (Wildman–Crippen MR) is 81.1 cm³/mol. The summed E-state index contributed by atoms with van der Waals surface area (Å²) in [5.74, 6) is 0.578. The van der Waals surface area contributed by atoms with Crippen LogP contribution in [0.25, 0.3) is 0 Å². The number of aromatic nitrogens is 2. The van der Waals surface area contributed by atoms with Crippen molar-refractivity contribution in [2.45, 2.75) is 19.9 Å². The van der Waals surface area contributed by atoms with Crippen molar-refractivity contribution in [2.24, 2.45) is 0 Å². The number of hydrogen-bond acceptors (Lipinski definition) is 5. The molecule has 0 saturated carbocycles. The topological polar surface area (TPSA) is 47.0 Å². The largest absolute Gasteiger partial charge is 0.428 e. The summed E-state index contributed by atoms with van der Waals surface area (Å²) < 4.78 is 6.52. The molecule has 4 nitrogen and oxygen atoms in total. The third-order valence-electron chi connectivity index (χ3n) is 2.24. The third-order valence-corrected chi connectivity index (χ3v) is 3.83. The van der Waals surface area contributed by atoms with Crippen LogP contribution in [0.5, 0.6) is 10.9 Å². The molecule has 19 heavy (non-hydrogen) atoms. The van der Waals surface area contributed by atoms with E-state index in [2.05, 4.69) is 38.4 Å². The van der Waals surface area contributed by atoms with Crippen LogP contribution in [0, 0.1) is 0 Å². The van der Waals surface area contributed by atoms with Crippen LogP contribution in [0.1, 0.15) is 18.4 Å². The maximum absolute atomic E-state index is 6.08. The molecular weight excluding hydrogens is 350 g/mol. The van der Waals surface area contributed by atoms with Crippen molar-refractivity contribution in [3.05, 3.63) is 32.7 Å². The van der Waals surface area contributed by atoms with Gasteiger partial charge in [-0.15, -0.1) is 5.10 Å². The fourth-order valence-electron chi connectivity index (χ4n) is 1.38. The molecule has 0 bridgehead atoms. The van der Waals surface area contributed by atoms with Gasteiger partial charge in [-0.05, 0) is 31.2 Å². The minimum atomic E-state index is 0.498. The molecule has 0 saturated heterocycles. The van der Waals surface area contributed by atoms with Crippen LogP contribution in [0.4, 0.5) is 0 Å². The highest BCUT2D eigenvalue weighted by Gasteiger charge is 2.09. The Bertz CT molecular complexity index is 550. The van der Waals surface area contributed by atoms with E-state index < -0.39 is 0 Å². The van der Waals surface area contributed by atoms with Crippen LogP contribution in [0.2, 0.25) is 5.02 Å². The number of nitrogens with zero attached hydrogens (tertiary/aromatic N) is 2. The summed E-state index contributed by atoms with van der Waals surface area (Å²) >= 11 is 10.8. The summed E-state index contributed by atoms with van der Waals surface area (Å²) in [5, 5.41) is 13.3. The Hall–Kier alpha value is -0.690. The van der Waals surface area contributed by atoms with E-state index >= 15 is 0 Å². The van der Waals surface area contributed by atoms with E-state index in [1.165, 1.54) is 11.3 Å². The molecular formula is C12H13BrClN3OS. The van der Waals surface area contributed by atoms with Gasteiger partial charge in [0.1, 0.15) is 10.8 Å². The molecule has 0 aliphatic rings. The van der Waals surface area contributed by atoms with E-state index in [0.29, 0.717) is 22.5 Å². The van der Waals surface area contributed by atoms with Gasteiger partial charge in [0, 0.05) is 11.0 Å². The van der Waals surface area contributed by atoms with Crippen molar-refractivity contribution >= 4 is 38.9 Å². The zero-order valence-corrected chi connectivity index (χ0v) is 13.5. The summed E-state index contributed by atoms with van der Waals surface area (Å²) in [6.07, 6.45) is 1.09. The van der Waals surface area contributed by atoms with Crippen molar-refractivity contribution in [2.75, 3.05) is 6.54 Å². The molecule has 2 rings (SSSR count). The molecule has 102 valence electrons. The van der Waals surface area contributed by atoms with Gasteiger partial charge in [0.2, 0.25) is 0 Å². The van der Waals surface area contributed by atoms with Crippen LogP contribution >= 0.6 is 38.9 Å². The molecule has 1 aromatic carbocycles. The standard InChI is InChI=1S/C12H13BrClN3OS/c1-2-5-15-7-11-16-17-12(19-11)18-10-4-3-8(13)6-9(10)14/h3-4,6,15H,2,5,7H2,1H3. The summed E-state index contributed by atoms with van der Waals surface area (Å²) in [5.41, 5.74) is 0. The van der Waals surface area contributed by atoms with Gasteiger partial charge in [-0.25, -0.2) is 0 Å². The van der Waals surface area contributed by atoms with Gasteiger partial charge in [0.15, 0.2) is 0 Å². The normalized spacial score (nSPS) is 10.7. The van der Waals surface area contributed by atoms with Gasteiger partial charge >= 0.3 is 0 Å². The minimum absolute atomic E-state index is 0.498. The van der Waals surface area contributed by atoms with E-state index in [9.17, 15) is 0 Å². The number of rotatable bonds is 6. The Morgan fingerprint density at radius 2 is 2.26 bits per heavy atom. The van der Waals surface area contributed by atoms with Crippen molar-refractivity contribution < 1.29 is 4.74 Å². The van der Waals surface area contributed by atoms with Crippen molar-refractivity contribution in [1.29, 1.82) is 0 Å². The second-order valence-corrected chi connectivity index (χ2v) is 6.16. The summed E-state index contributed by atoms with van der Waals surface area (Å²) in [7, 11) is 0. The number of hydrogen-bond donors (Lipinski definition) is 1. The van der Waals surface area contributed by atoms with Crippen molar-refractivity contribution in [1.82, 2.24) is 15.5 Å². The maximum Gasteiger partial charge on any atom is 0.299 e. The first-order chi connectivity index (χ1) is 9.19. The van der Waals surface area contributed by atoms with Crippen LogP contribution in [-0.4, -0.2) is 16.7 Å². The van der Waals surface area contributed by atoms with E-state index in [1.807, 2.05) is 6.07 Å². The fourth-order valence-corrected chi connectivity index (χ4v) is 2.76. The molecule has 7 heteroatoms. The second-order valence-electron chi connectivity index (χ2n) is 3.82. The first-order valence-corrected chi connectivity index (χ1v) is 7.83. The molecule has 0 fully saturated rings. The second kappa shape index (κ2) is 7.19. The number of halogens is 2. The summed E-state index contributed by atoms with van der Waals surface area (Å²) in [6.45, 7) is 3.80. The smallest absolute Gasteiger partial charge is 0.299 e. The molecule has 1 heterocycles. The first-order valence-electron chi connectivity index (χ1n) is 5.85. The Balaban J connectivity index is 1.99. The number of ether oxygens (including phenoxy) is 1. The van der Waals surface area contributed by atoms with Crippen molar-refractivity contribution in [3.8, 4) is 10.9 Å². The van der Waals surface area contributed by atoms with Gasteiger partial charge in [-0.2, -0.15) is 0 Å². The molecule has 0 atom stereocenters. The average Bonchev–Trinajstić information content (AvgIpc) is 2.81. The quantitative estimate of drug-likeness (QED) is 0.781. The Morgan fingerprint density at radius 3 is 3.00 bits per heavy atom. The number of benzene rings is 1. The molecule has 1 N–H and O–H groups in total. The highest BCUT2D eigenvalue weighted by Crippen LogP contribution is 2.32. The lowest BCUT2D eigenvalue weighted by molar-refractivity contribution is 0.473. The van der Waals surface area contributed by atoms with Gasteiger partial charge < -0.3 is 10.1 Å². The molecule has 0 aliphatic heterocycles. The van der Waals surface area contributed by atoms with E-state index in [4.69, 9.17) is 16.3 Å². The Morgan fingerprint density at radius 1 is 1.42 bits per heavy atom. The summed E-state index contributed by atoms with van der Waals surface area (Å²) in [4.78, 5) is 0. The highest BCUT2D eigenvalue weighted by atomic mass is 79.9. The summed E-state index contributed by atoms with van der Waals surface area (Å²) in [6, 6.07) is 5.44. The fraction of sp³-hybridized carbons (Fsp3) is 0.333. The lowest BCUT2D eigenvalue weighted by Gasteiger charge is -2.03. The lowest BCUT2D eigenvalue weighted by Crippen LogP contribution is -2.13. The minimum Gasteiger partial charge on any atom is -0.428 e. The van der Waals surface area contributed by atoms with Crippen molar-refractivity contribution in [3.63, 3.8) is 0 Å². The SMILES string of the molecule is CCCNCc1nnc(Oc2ccc(Br)cc2Cl)s1. The van der Waals surface area contributed by atoms with E-state index in [0.717, 1.165) is 22.4 Å². The zero-order valence-electron chi connectivity index (χ0n) is 10.3. The highest BCUT2D eigenvalue weighted by molar-refractivity contribution is 9.10. The Kier molecular flexibility index (Phi) is 5.57. The van der Waals surface area contributed by atoms with Gasteiger partial charge in [0.05, 0.1) is 5.02 Å². The molecule has 0 spiro atoms. The number of nitrogens with one attached hydrogen (secondary N) is 1. The van der Waals surface area contributed by atoms with E-state index in [-0.39, 0.29) is 0 Å². The molecule has 1 aromatic heterocycles. The Labute approximate surface area is 129 Å². The predicted octanol–water partition coefficient (Wildman–Crippen LogP) is 4.25. The van der Waals surface area contributed by atoms with Gasteiger partial charge in [-0.1, -0.05) is 50.9 Å². The zero-order chi connectivity index (χ0) is 13.7. The maximum atomic E-state index is 6.08. The van der Waals surface area contributed by atoms with Crippen LogP contribution in [-0.2, 0) is 6.54 Å². The average molecular weight is 363 g/mol. The van der Waals surface area contributed by atoms with E-state index in [1.54, 1.807) is 12.1 Å².